The number of anilines is 1. The molecular weight excluding hydrogens is 490 g/mol. The molecule has 1 N–H and O–H groups in total. The number of aromatic nitrogens is 1. The Morgan fingerprint density at radius 2 is 1.67 bits per heavy atom. The van der Waals surface area contributed by atoms with Crippen LogP contribution < -0.4 is 15.0 Å². The smallest absolute Gasteiger partial charge is 0.335 e. The number of nitrogens with one attached hydrogen (secondary N) is 1. The topological polar surface area (TPSA) is 80.6 Å². The van der Waals surface area contributed by atoms with Gasteiger partial charge in [0.15, 0.2) is 0 Å². The van der Waals surface area contributed by atoms with Gasteiger partial charge in [-0.25, -0.2) is 9.69 Å². The molecule has 0 spiro atoms. The summed E-state index contributed by atoms with van der Waals surface area (Å²) in [5.74, 6) is -0.166. The minimum Gasteiger partial charge on any atom is -0.491 e. The van der Waals surface area contributed by atoms with Crippen LogP contribution in [0.3, 0.4) is 0 Å². The molecule has 4 amide bonds. The predicted molar refractivity (Wildman–Crippen MR) is 153 cm³/mol. The molecular formula is C32H31N3O4. The van der Waals surface area contributed by atoms with Crippen LogP contribution in [0.5, 0.6) is 5.75 Å². The Hall–Kier alpha value is -4.65. The van der Waals surface area contributed by atoms with Crippen molar-refractivity contribution < 1.29 is 19.1 Å². The molecule has 1 saturated heterocycles. The Bertz CT molecular complexity index is 1580. The molecule has 0 saturated carbocycles. The van der Waals surface area contributed by atoms with Crippen molar-refractivity contribution in [2.24, 2.45) is 0 Å². The van der Waals surface area contributed by atoms with Crippen molar-refractivity contribution in [3.63, 3.8) is 0 Å². The molecule has 7 heteroatoms. The van der Waals surface area contributed by atoms with Crippen LogP contribution in [0.25, 0.3) is 17.0 Å². The maximum Gasteiger partial charge on any atom is 0.335 e. The Labute approximate surface area is 227 Å². The van der Waals surface area contributed by atoms with E-state index in [1.807, 2.05) is 78.4 Å². The number of barbiturate groups is 1. The van der Waals surface area contributed by atoms with Crippen LogP contribution >= 0.6 is 0 Å². The summed E-state index contributed by atoms with van der Waals surface area (Å²) in [6.45, 7) is 7.26. The van der Waals surface area contributed by atoms with Crippen molar-refractivity contribution in [1.29, 1.82) is 0 Å². The number of carbonyl (C=O) groups excluding carboxylic acids is 3. The molecule has 1 aliphatic rings. The molecule has 5 rings (SSSR count). The molecule has 1 fully saturated rings. The summed E-state index contributed by atoms with van der Waals surface area (Å²) in [4.78, 5) is 40.0. The summed E-state index contributed by atoms with van der Waals surface area (Å²) < 4.78 is 8.03. The number of imide groups is 2. The normalized spacial score (nSPS) is 15.6. The standard InChI is InChI=1S/C32H31N3O4/c1-4-21(2)23-13-15-25(16-14-23)35-31(37)27(30(36)33-32(35)38)19-24-20-34(28-11-7-6-10-26(24)28)17-18-39-29-12-8-5-9-22(29)3/h5-16,19-21H,4,17-18H2,1-3H3,(H,33,36,38)/b27-19-/t21-/m0/s1. The van der Waals surface area contributed by atoms with Crippen LogP contribution in [0.1, 0.15) is 42.9 Å². The number of para-hydroxylation sites is 2. The monoisotopic (exact) mass is 521 g/mol. The lowest BCUT2D eigenvalue weighted by molar-refractivity contribution is -0.122. The zero-order valence-electron chi connectivity index (χ0n) is 22.3. The van der Waals surface area contributed by atoms with E-state index in [-0.39, 0.29) is 5.57 Å². The molecule has 0 bridgehead atoms. The lowest BCUT2D eigenvalue weighted by Gasteiger charge is -2.26. The van der Waals surface area contributed by atoms with Crippen molar-refractivity contribution in [2.45, 2.75) is 39.7 Å². The highest BCUT2D eigenvalue weighted by atomic mass is 16.5. The van der Waals surface area contributed by atoms with Crippen LogP contribution in [-0.4, -0.2) is 29.0 Å². The van der Waals surface area contributed by atoms with Crippen molar-refractivity contribution in [3.05, 3.63) is 101 Å². The van der Waals surface area contributed by atoms with Crippen LogP contribution in [0.15, 0.2) is 84.6 Å². The summed E-state index contributed by atoms with van der Waals surface area (Å²) >= 11 is 0. The Morgan fingerprint density at radius 1 is 0.949 bits per heavy atom. The Balaban J connectivity index is 1.43. The van der Waals surface area contributed by atoms with Crippen molar-refractivity contribution in [1.82, 2.24) is 9.88 Å². The SMILES string of the molecule is CC[C@H](C)c1ccc(N2C(=O)NC(=O)/C(=C/c3cn(CCOc4ccccc4C)c4ccccc34)C2=O)cc1. The zero-order chi connectivity index (χ0) is 27.5. The second kappa shape index (κ2) is 11.0. The van der Waals surface area contributed by atoms with Gasteiger partial charge in [0.2, 0.25) is 0 Å². The van der Waals surface area contributed by atoms with Crippen LogP contribution in [0.4, 0.5) is 10.5 Å². The number of aryl methyl sites for hydroxylation is 1. The summed E-state index contributed by atoms with van der Waals surface area (Å²) in [6.07, 6.45) is 4.45. The van der Waals surface area contributed by atoms with Crippen LogP contribution in [0, 0.1) is 6.92 Å². The van der Waals surface area contributed by atoms with Gasteiger partial charge in [-0.05, 0) is 60.7 Å². The van der Waals surface area contributed by atoms with Gasteiger partial charge in [0, 0.05) is 22.7 Å². The summed E-state index contributed by atoms with van der Waals surface area (Å²) in [5.41, 5.74) is 4.17. The first-order valence-electron chi connectivity index (χ1n) is 13.1. The van der Waals surface area contributed by atoms with E-state index in [1.165, 1.54) is 0 Å². The highest BCUT2D eigenvalue weighted by molar-refractivity contribution is 6.39. The summed E-state index contributed by atoms with van der Waals surface area (Å²) in [7, 11) is 0. The Kier molecular flexibility index (Phi) is 7.32. The lowest BCUT2D eigenvalue weighted by Crippen LogP contribution is -2.54. The third kappa shape index (κ3) is 5.21. The second-order valence-electron chi connectivity index (χ2n) is 9.77. The quantitative estimate of drug-likeness (QED) is 0.221. The molecule has 0 radical (unpaired) electrons. The van der Waals surface area contributed by atoms with Gasteiger partial charge >= 0.3 is 6.03 Å². The molecule has 0 unspecified atom stereocenters. The van der Waals surface area contributed by atoms with Gasteiger partial charge in [-0.1, -0.05) is 62.4 Å². The first kappa shape index (κ1) is 26.0. The highest BCUT2D eigenvalue weighted by Gasteiger charge is 2.37. The van der Waals surface area contributed by atoms with Crippen molar-refractivity contribution >= 4 is 40.5 Å². The van der Waals surface area contributed by atoms with Crippen LogP contribution in [-0.2, 0) is 16.1 Å². The van der Waals surface area contributed by atoms with Gasteiger partial charge in [-0.15, -0.1) is 0 Å². The zero-order valence-corrected chi connectivity index (χ0v) is 22.3. The van der Waals surface area contributed by atoms with E-state index < -0.39 is 17.8 Å². The molecule has 1 atom stereocenters. The van der Waals surface area contributed by atoms with Gasteiger partial charge in [0.05, 0.1) is 12.2 Å². The third-order valence-corrected chi connectivity index (χ3v) is 7.24. The molecule has 2 heterocycles. The molecule has 198 valence electrons. The van der Waals surface area contributed by atoms with E-state index in [1.54, 1.807) is 18.2 Å². The molecule has 39 heavy (non-hydrogen) atoms. The summed E-state index contributed by atoms with van der Waals surface area (Å²) in [6, 6.07) is 22.2. The van der Waals surface area contributed by atoms with E-state index in [2.05, 4.69) is 19.2 Å². The average molecular weight is 522 g/mol. The van der Waals surface area contributed by atoms with Crippen molar-refractivity contribution in [2.75, 3.05) is 11.5 Å². The Morgan fingerprint density at radius 3 is 2.41 bits per heavy atom. The number of ether oxygens (including phenoxy) is 1. The number of rotatable bonds is 8. The van der Waals surface area contributed by atoms with Gasteiger partial charge in [0.25, 0.3) is 11.8 Å². The molecule has 0 aliphatic carbocycles. The fourth-order valence-electron chi connectivity index (χ4n) is 4.78. The fraction of sp³-hybridized carbons (Fsp3) is 0.219. The fourth-order valence-corrected chi connectivity index (χ4v) is 4.78. The number of urea groups is 1. The first-order chi connectivity index (χ1) is 18.9. The van der Waals surface area contributed by atoms with Gasteiger partial charge in [0.1, 0.15) is 17.9 Å². The largest absolute Gasteiger partial charge is 0.491 e. The number of carbonyl (C=O) groups is 3. The number of nitrogens with zero attached hydrogens (tertiary/aromatic N) is 2. The molecule has 7 nitrogen and oxygen atoms in total. The lowest BCUT2D eigenvalue weighted by atomic mass is 9.98. The van der Waals surface area contributed by atoms with Gasteiger partial charge in [-0.3, -0.25) is 14.9 Å². The summed E-state index contributed by atoms with van der Waals surface area (Å²) in [5, 5.41) is 3.21. The number of amides is 4. The number of hydrogen-bond acceptors (Lipinski definition) is 4. The highest BCUT2D eigenvalue weighted by Crippen LogP contribution is 2.28. The van der Waals surface area contributed by atoms with E-state index in [0.717, 1.165) is 39.1 Å². The van der Waals surface area contributed by atoms with E-state index >= 15 is 0 Å². The van der Waals surface area contributed by atoms with Crippen LogP contribution in [0.2, 0.25) is 0 Å². The maximum atomic E-state index is 13.5. The van der Waals surface area contributed by atoms with E-state index in [0.29, 0.717) is 30.3 Å². The number of benzene rings is 3. The minimum absolute atomic E-state index is 0.0975. The third-order valence-electron chi connectivity index (χ3n) is 7.24. The second-order valence-corrected chi connectivity index (χ2v) is 9.77. The van der Waals surface area contributed by atoms with Crippen molar-refractivity contribution in [3.8, 4) is 5.75 Å². The van der Waals surface area contributed by atoms with E-state index in [4.69, 9.17) is 4.74 Å². The molecule has 1 aliphatic heterocycles. The molecule has 3 aromatic carbocycles. The number of fused-ring (bicyclic) bond motifs is 1. The molecule has 4 aromatic rings. The van der Waals surface area contributed by atoms with Gasteiger partial charge < -0.3 is 9.30 Å². The number of hydrogen-bond donors (Lipinski definition) is 1. The predicted octanol–water partition coefficient (Wildman–Crippen LogP) is 6.21. The molecule has 1 aromatic heterocycles. The van der Waals surface area contributed by atoms with Gasteiger partial charge in [-0.2, -0.15) is 0 Å². The maximum absolute atomic E-state index is 13.5. The average Bonchev–Trinajstić information content (AvgIpc) is 3.29. The van der Waals surface area contributed by atoms with E-state index in [9.17, 15) is 14.4 Å². The first-order valence-corrected chi connectivity index (χ1v) is 13.1. The minimum atomic E-state index is -0.755.